The lowest BCUT2D eigenvalue weighted by Gasteiger charge is -2.22. The molecule has 1 unspecified atom stereocenters. The number of nitrogens with one attached hydrogen (secondary N) is 1. The van der Waals surface area contributed by atoms with Crippen LogP contribution in [-0.2, 0) is 16.1 Å². The van der Waals surface area contributed by atoms with E-state index in [4.69, 9.17) is 11.6 Å². The molecule has 4 amide bonds. The van der Waals surface area contributed by atoms with Crippen LogP contribution in [-0.4, -0.2) is 28.8 Å². The molecule has 0 radical (unpaired) electrons. The van der Waals surface area contributed by atoms with E-state index in [1.165, 1.54) is 4.90 Å². The lowest BCUT2D eigenvalue weighted by molar-refractivity contribution is -0.124. The first-order chi connectivity index (χ1) is 15.8. The fourth-order valence-corrected chi connectivity index (χ4v) is 3.88. The number of carbonyl (C=O) groups is 3. The van der Waals surface area contributed by atoms with Crippen LogP contribution in [0.15, 0.2) is 72.8 Å². The maximum atomic E-state index is 13.4. The third kappa shape index (κ3) is 5.07. The van der Waals surface area contributed by atoms with Crippen LogP contribution in [0.25, 0.3) is 0 Å². The molecule has 1 fully saturated rings. The number of urea groups is 1. The van der Waals surface area contributed by atoms with Crippen LogP contribution in [0.3, 0.4) is 0 Å². The van der Waals surface area contributed by atoms with Gasteiger partial charge in [0.25, 0.3) is 5.91 Å². The number of amides is 4. The Morgan fingerprint density at radius 1 is 0.879 bits per heavy atom. The average Bonchev–Trinajstić information content (AvgIpc) is 3.01. The molecule has 1 aliphatic heterocycles. The molecule has 6 nitrogen and oxygen atoms in total. The van der Waals surface area contributed by atoms with Gasteiger partial charge in [-0.05, 0) is 55.8 Å². The molecule has 0 aromatic heterocycles. The van der Waals surface area contributed by atoms with E-state index in [1.807, 2.05) is 50.2 Å². The maximum Gasteiger partial charge on any atom is 0.332 e. The van der Waals surface area contributed by atoms with Gasteiger partial charge in [-0.2, -0.15) is 0 Å². The highest BCUT2D eigenvalue weighted by Crippen LogP contribution is 2.29. The Morgan fingerprint density at radius 3 is 2.06 bits per heavy atom. The molecule has 1 aliphatic rings. The van der Waals surface area contributed by atoms with Crippen LogP contribution in [0.1, 0.15) is 23.1 Å². The number of hydrogen-bond donors (Lipinski definition) is 1. The predicted octanol–water partition coefficient (Wildman–Crippen LogP) is 5.32. The van der Waals surface area contributed by atoms with Crippen LogP contribution in [0.5, 0.6) is 0 Å². The van der Waals surface area contributed by atoms with Gasteiger partial charge in [-0.25, -0.2) is 9.69 Å². The van der Waals surface area contributed by atoms with Gasteiger partial charge in [0.05, 0.1) is 12.1 Å². The highest BCUT2D eigenvalue weighted by Gasteiger charge is 2.46. The minimum atomic E-state index is -0.910. The lowest BCUT2D eigenvalue weighted by atomic mass is 10.1. The summed E-state index contributed by atoms with van der Waals surface area (Å²) in [6.45, 7) is 4.15. The number of aryl methyl sites for hydroxylation is 2. The average molecular weight is 462 g/mol. The monoisotopic (exact) mass is 461 g/mol. The molecule has 1 heterocycles. The fraction of sp³-hybridized carbons (Fsp3) is 0.192. The van der Waals surface area contributed by atoms with E-state index >= 15 is 0 Å². The molecule has 168 valence electrons. The maximum absolute atomic E-state index is 13.4. The highest BCUT2D eigenvalue weighted by molar-refractivity contribution is 6.30. The van der Waals surface area contributed by atoms with Crippen LogP contribution >= 0.6 is 11.6 Å². The molecule has 33 heavy (non-hydrogen) atoms. The number of imide groups is 1. The standard InChI is InChI=1S/C26H24ClN3O3/c1-17-3-7-19(8-4-17)16-29-23(15-24(31)28-21-11-9-20(27)10-12-21)25(32)30(26(29)33)22-13-5-18(2)6-14-22/h3-14,23H,15-16H2,1-2H3,(H,28,31). The van der Waals surface area contributed by atoms with E-state index in [0.717, 1.165) is 21.6 Å². The molecule has 0 aliphatic carbocycles. The summed E-state index contributed by atoms with van der Waals surface area (Å²) in [6.07, 6.45) is -0.151. The first kappa shape index (κ1) is 22.6. The minimum Gasteiger partial charge on any atom is -0.326 e. The Hall–Kier alpha value is -3.64. The third-order valence-electron chi connectivity index (χ3n) is 5.59. The van der Waals surface area contributed by atoms with E-state index in [-0.39, 0.29) is 18.9 Å². The SMILES string of the molecule is Cc1ccc(CN2C(=O)N(c3ccc(C)cc3)C(=O)C2CC(=O)Nc2ccc(Cl)cc2)cc1. The van der Waals surface area contributed by atoms with Crippen molar-refractivity contribution in [1.82, 2.24) is 4.90 Å². The summed E-state index contributed by atoms with van der Waals surface area (Å²) in [5, 5.41) is 3.34. The quantitative estimate of drug-likeness (QED) is 0.505. The number of anilines is 2. The Kier molecular flexibility index (Phi) is 6.47. The van der Waals surface area contributed by atoms with E-state index in [2.05, 4.69) is 5.32 Å². The third-order valence-corrected chi connectivity index (χ3v) is 5.84. The molecule has 3 aromatic rings. The van der Waals surface area contributed by atoms with Gasteiger partial charge >= 0.3 is 6.03 Å². The Balaban J connectivity index is 1.59. The zero-order valence-corrected chi connectivity index (χ0v) is 19.2. The van der Waals surface area contributed by atoms with E-state index in [1.54, 1.807) is 36.4 Å². The van der Waals surface area contributed by atoms with Crippen molar-refractivity contribution < 1.29 is 14.4 Å². The number of hydrogen-bond acceptors (Lipinski definition) is 3. The smallest absolute Gasteiger partial charge is 0.326 e. The van der Waals surface area contributed by atoms with Crippen molar-refractivity contribution in [1.29, 1.82) is 0 Å². The molecule has 0 saturated carbocycles. The Labute approximate surface area is 197 Å². The molecule has 0 bridgehead atoms. The number of nitrogens with zero attached hydrogens (tertiary/aromatic N) is 2. The summed E-state index contributed by atoms with van der Waals surface area (Å²) in [4.78, 5) is 42.1. The first-order valence-electron chi connectivity index (χ1n) is 10.6. The van der Waals surface area contributed by atoms with Crippen molar-refractivity contribution in [3.8, 4) is 0 Å². The van der Waals surface area contributed by atoms with E-state index in [0.29, 0.717) is 16.4 Å². The summed E-state index contributed by atoms with van der Waals surface area (Å²) in [6, 6.07) is 20.3. The minimum absolute atomic E-state index is 0.151. The molecule has 4 rings (SSSR count). The van der Waals surface area contributed by atoms with Crippen LogP contribution in [0.2, 0.25) is 5.02 Å². The van der Waals surface area contributed by atoms with E-state index in [9.17, 15) is 14.4 Å². The molecule has 0 spiro atoms. The number of benzene rings is 3. The highest BCUT2D eigenvalue weighted by atomic mass is 35.5. The Bertz CT molecular complexity index is 1170. The summed E-state index contributed by atoms with van der Waals surface area (Å²) in [5.41, 5.74) is 4.07. The second-order valence-corrected chi connectivity index (χ2v) is 8.62. The zero-order valence-electron chi connectivity index (χ0n) is 18.4. The summed E-state index contributed by atoms with van der Waals surface area (Å²) in [5.74, 6) is -0.773. The van der Waals surface area contributed by atoms with Crippen molar-refractivity contribution in [3.05, 3.63) is 94.5 Å². The van der Waals surface area contributed by atoms with Gasteiger partial charge in [0.1, 0.15) is 6.04 Å². The molecule has 3 aromatic carbocycles. The predicted molar refractivity (Wildman–Crippen MR) is 129 cm³/mol. The van der Waals surface area contributed by atoms with Gasteiger partial charge in [-0.15, -0.1) is 0 Å². The molecule has 1 N–H and O–H groups in total. The summed E-state index contributed by atoms with van der Waals surface area (Å²) < 4.78 is 0. The zero-order chi connectivity index (χ0) is 23.5. The first-order valence-corrected chi connectivity index (χ1v) is 11.0. The van der Waals surface area contributed by atoms with Crippen LogP contribution in [0, 0.1) is 13.8 Å². The van der Waals surface area contributed by atoms with Gasteiger partial charge in [-0.1, -0.05) is 59.1 Å². The summed E-state index contributed by atoms with van der Waals surface area (Å²) in [7, 11) is 0. The number of halogens is 1. The summed E-state index contributed by atoms with van der Waals surface area (Å²) >= 11 is 5.90. The molecular weight excluding hydrogens is 438 g/mol. The van der Waals surface area contributed by atoms with Crippen molar-refractivity contribution >= 4 is 40.8 Å². The van der Waals surface area contributed by atoms with Crippen molar-refractivity contribution in [2.75, 3.05) is 10.2 Å². The topological polar surface area (TPSA) is 69.7 Å². The van der Waals surface area contributed by atoms with Crippen molar-refractivity contribution in [2.45, 2.75) is 32.9 Å². The molecule has 1 atom stereocenters. The van der Waals surface area contributed by atoms with Crippen LogP contribution < -0.4 is 10.2 Å². The molecule has 7 heteroatoms. The van der Waals surface area contributed by atoms with Gasteiger partial charge in [0, 0.05) is 17.3 Å². The van der Waals surface area contributed by atoms with E-state index < -0.39 is 18.0 Å². The van der Waals surface area contributed by atoms with Gasteiger partial charge in [0.15, 0.2) is 0 Å². The molecular formula is C26H24ClN3O3. The van der Waals surface area contributed by atoms with Gasteiger partial charge in [0.2, 0.25) is 5.91 Å². The molecule has 1 saturated heterocycles. The fourth-order valence-electron chi connectivity index (χ4n) is 3.76. The second-order valence-electron chi connectivity index (χ2n) is 8.18. The van der Waals surface area contributed by atoms with Gasteiger partial charge in [-0.3, -0.25) is 9.59 Å². The number of carbonyl (C=O) groups excluding carboxylic acids is 3. The second kappa shape index (κ2) is 9.46. The number of rotatable bonds is 6. The van der Waals surface area contributed by atoms with Crippen molar-refractivity contribution in [2.24, 2.45) is 0 Å². The normalized spacial score (nSPS) is 15.8. The van der Waals surface area contributed by atoms with Gasteiger partial charge < -0.3 is 10.2 Å². The largest absolute Gasteiger partial charge is 0.332 e. The lowest BCUT2D eigenvalue weighted by Crippen LogP contribution is -2.37. The van der Waals surface area contributed by atoms with Crippen LogP contribution in [0.4, 0.5) is 16.2 Å². The van der Waals surface area contributed by atoms with Crippen molar-refractivity contribution in [3.63, 3.8) is 0 Å². The Morgan fingerprint density at radius 2 is 1.45 bits per heavy atom.